The molecule has 2 aromatic heterocycles. The summed E-state index contributed by atoms with van der Waals surface area (Å²) in [7, 11) is 0. The van der Waals surface area contributed by atoms with E-state index >= 15 is 0 Å². The van der Waals surface area contributed by atoms with Crippen LogP contribution in [0.25, 0.3) is 5.52 Å². The Labute approximate surface area is 163 Å². The Hall–Kier alpha value is -2.28. The first-order chi connectivity index (χ1) is 12.8. The van der Waals surface area contributed by atoms with Crippen molar-refractivity contribution >= 4 is 32.9 Å². The van der Waals surface area contributed by atoms with Gasteiger partial charge in [-0.15, -0.1) is 0 Å². The molecule has 0 radical (unpaired) electrons. The van der Waals surface area contributed by atoms with Crippen molar-refractivity contribution in [2.75, 3.05) is 18.0 Å². The van der Waals surface area contributed by atoms with Gasteiger partial charge >= 0.3 is 6.18 Å². The summed E-state index contributed by atoms with van der Waals surface area (Å²) in [4.78, 5) is 15.1. The molecule has 3 rings (SSSR count). The third-order valence-electron chi connectivity index (χ3n) is 4.54. The minimum atomic E-state index is -4.43. The lowest BCUT2D eigenvalue weighted by atomic mass is 10.1. The fraction of sp³-hybridized carbons (Fsp3) is 0.250. The predicted molar refractivity (Wildman–Crippen MR) is 104 cm³/mol. The van der Waals surface area contributed by atoms with Crippen LogP contribution in [0.4, 0.5) is 18.9 Å². The molecule has 0 aliphatic rings. The fourth-order valence-corrected chi connectivity index (χ4v) is 3.59. The molecule has 0 amide bonds. The number of ketones is 1. The lowest BCUT2D eigenvalue weighted by Gasteiger charge is -2.21. The number of halogens is 4. The number of alkyl halides is 3. The molecule has 0 fully saturated rings. The highest BCUT2D eigenvalue weighted by molar-refractivity contribution is 9.10. The molecular formula is C20H18BrF3N2O. The van der Waals surface area contributed by atoms with Crippen molar-refractivity contribution in [2.45, 2.75) is 20.0 Å². The number of carbonyl (C=O) groups excluding carboxylic acids is 1. The van der Waals surface area contributed by atoms with Gasteiger partial charge in [-0.1, -0.05) is 0 Å². The fourth-order valence-electron chi connectivity index (χ4n) is 3.07. The van der Waals surface area contributed by atoms with Crippen LogP contribution < -0.4 is 4.90 Å². The topological polar surface area (TPSA) is 24.7 Å². The molecule has 7 heteroatoms. The number of nitrogens with zero attached hydrogens (tertiary/aromatic N) is 2. The van der Waals surface area contributed by atoms with Crippen molar-refractivity contribution in [2.24, 2.45) is 0 Å². The molecule has 0 aliphatic carbocycles. The van der Waals surface area contributed by atoms with Crippen LogP contribution in [0, 0.1) is 0 Å². The van der Waals surface area contributed by atoms with E-state index in [1.165, 1.54) is 10.6 Å². The Balaban J connectivity index is 1.99. The zero-order chi connectivity index (χ0) is 19.8. The van der Waals surface area contributed by atoms with Crippen LogP contribution in [0.2, 0.25) is 0 Å². The zero-order valence-electron chi connectivity index (χ0n) is 14.8. The zero-order valence-corrected chi connectivity index (χ0v) is 16.4. The van der Waals surface area contributed by atoms with E-state index in [0.717, 1.165) is 30.9 Å². The maximum absolute atomic E-state index is 12.9. The van der Waals surface area contributed by atoms with Crippen LogP contribution >= 0.6 is 15.9 Å². The number of fused-ring (bicyclic) bond motifs is 1. The second-order valence-corrected chi connectivity index (χ2v) is 6.95. The number of rotatable bonds is 5. The average molecular weight is 439 g/mol. The number of anilines is 1. The number of hydrogen-bond acceptors (Lipinski definition) is 2. The van der Waals surface area contributed by atoms with E-state index < -0.39 is 11.7 Å². The van der Waals surface area contributed by atoms with E-state index in [4.69, 9.17) is 0 Å². The molecule has 0 saturated carbocycles. The number of hydrogen-bond donors (Lipinski definition) is 0. The van der Waals surface area contributed by atoms with Gasteiger partial charge in [0.15, 0.2) is 0 Å². The average Bonchev–Trinajstić information content (AvgIpc) is 2.98. The van der Waals surface area contributed by atoms with Gasteiger partial charge in [-0.05, 0) is 72.2 Å². The second-order valence-electron chi connectivity index (χ2n) is 6.09. The highest BCUT2D eigenvalue weighted by Gasteiger charge is 2.31. The van der Waals surface area contributed by atoms with E-state index in [1.807, 2.05) is 12.1 Å². The molecule has 0 unspecified atom stereocenters. The van der Waals surface area contributed by atoms with Gasteiger partial charge in [0, 0.05) is 35.0 Å². The number of carbonyl (C=O) groups is 1. The van der Waals surface area contributed by atoms with Gasteiger partial charge in [0.25, 0.3) is 0 Å². The predicted octanol–water partition coefficient (Wildman–Crippen LogP) is 5.80. The molecule has 0 spiro atoms. The quantitative estimate of drug-likeness (QED) is 0.470. The molecule has 142 valence electrons. The Kier molecular flexibility index (Phi) is 5.33. The molecule has 1 aromatic carbocycles. The molecule has 0 aliphatic heterocycles. The van der Waals surface area contributed by atoms with E-state index in [1.54, 1.807) is 18.2 Å². The standard InChI is InChI=1S/C20H18BrF3N2O/c1-3-25(4-2)15-7-5-13(6-8-15)19(27)18-12-16(21)17-11-14(20(22,23)24)9-10-26(17)18/h5-12H,3-4H2,1-2H3. The first kappa shape index (κ1) is 19.5. The highest BCUT2D eigenvalue weighted by Crippen LogP contribution is 2.33. The number of benzene rings is 1. The van der Waals surface area contributed by atoms with E-state index in [-0.39, 0.29) is 5.78 Å². The first-order valence-corrected chi connectivity index (χ1v) is 9.33. The van der Waals surface area contributed by atoms with E-state index in [0.29, 0.717) is 21.2 Å². The van der Waals surface area contributed by atoms with Crippen molar-refractivity contribution in [3.05, 3.63) is 70.0 Å². The second kappa shape index (κ2) is 7.38. The lowest BCUT2D eigenvalue weighted by molar-refractivity contribution is -0.137. The lowest BCUT2D eigenvalue weighted by Crippen LogP contribution is -2.21. The summed E-state index contributed by atoms with van der Waals surface area (Å²) in [5.41, 5.74) is 1.36. The molecule has 0 N–H and O–H groups in total. The summed E-state index contributed by atoms with van der Waals surface area (Å²) in [6.07, 6.45) is -3.16. The third kappa shape index (κ3) is 3.74. The van der Waals surface area contributed by atoms with Gasteiger partial charge in [-0.2, -0.15) is 13.2 Å². The summed E-state index contributed by atoms with van der Waals surface area (Å²) in [5, 5.41) is 0. The van der Waals surface area contributed by atoms with Crippen LogP contribution in [-0.2, 0) is 6.18 Å². The van der Waals surface area contributed by atoms with Gasteiger partial charge in [0.1, 0.15) is 0 Å². The van der Waals surface area contributed by atoms with E-state index in [2.05, 4.69) is 34.7 Å². The van der Waals surface area contributed by atoms with Crippen LogP contribution in [0.1, 0.15) is 35.5 Å². The van der Waals surface area contributed by atoms with Gasteiger partial charge in [0.2, 0.25) is 5.78 Å². The van der Waals surface area contributed by atoms with Gasteiger partial charge in [0.05, 0.1) is 16.8 Å². The van der Waals surface area contributed by atoms with Crippen LogP contribution in [0.3, 0.4) is 0 Å². The van der Waals surface area contributed by atoms with Gasteiger partial charge < -0.3 is 9.30 Å². The Bertz CT molecular complexity index is 973. The SMILES string of the molecule is CCN(CC)c1ccc(C(=O)c2cc(Br)c3cc(C(F)(F)F)ccn23)cc1. The van der Waals surface area contributed by atoms with Crippen LogP contribution in [-0.4, -0.2) is 23.3 Å². The van der Waals surface area contributed by atoms with Gasteiger partial charge in [-0.25, -0.2) is 0 Å². The van der Waals surface area contributed by atoms with Crippen molar-refractivity contribution in [3.63, 3.8) is 0 Å². The molecule has 0 saturated heterocycles. The summed E-state index contributed by atoms with van der Waals surface area (Å²) in [6.45, 7) is 5.84. The van der Waals surface area contributed by atoms with Gasteiger partial charge in [-0.3, -0.25) is 4.79 Å². The Morgan fingerprint density at radius 3 is 2.26 bits per heavy atom. The molecule has 3 aromatic rings. The molecule has 27 heavy (non-hydrogen) atoms. The van der Waals surface area contributed by atoms with Crippen molar-refractivity contribution in [1.29, 1.82) is 0 Å². The maximum atomic E-state index is 12.9. The van der Waals surface area contributed by atoms with Crippen molar-refractivity contribution in [3.8, 4) is 0 Å². The Morgan fingerprint density at radius 2 is 1.70 bits per heavy atom. The largest absolute Gasteiger partial charge is 0.416 e. The number of aromatic nitrogens is 1. The molecule has 0 atom stereocenters. The van der Waals surface area contributed by atoms with Crippen molar-refractivity contribution < 1.29 is 18.0 Å². The molecule has 0 bridgehead atoms. The summed E-state index contributed by atoms with van der Waals surface area (Å²) >= 11 is 3.26. The van der Waals surface area contributed by atoms with Crippen LogP contribution in [0.15, 0.2) is 53.1 Å². The third-order valence-corrected chi connectivity index (χ3v) is 5.18. The van der Waals surface area contributed by atoms with Crippen molar-refractivity contribution in [1.82, 2.24) is 4.40 Å². The van der Waals surface area contributed by atoms with E-state index in [9.17, 15) is 18.0 Å². The first-order valence-electron chi connectivity index (χ1n) is 8.53. The molecular weight excluding hydrogens is 421 g/mol. The maximum Gasteiger partial charge on any atom is 0.416 e. The smallest absolute Gasteiger partial charge is 0.372 e. The summed E-state index contributed by atoms with van der Waals surface area (Å²) in [6, 6.07) is 10.8. The molecule has 2 heterocycles. The minimum absolute atomic E-state index is 0.249. The number of pyridine rings is 1. The minimum Gasteiger partial charge on any atom is -0.372 e. The normalized spacial score (nSPS) is 11.8. The monoisotopic (exact) mass is 438 g/mol. The molecule has 3 nitrogen and oxygen atoms in total. The summed E-state index contributed by atoms with van der Waals surface area (Å²) < 4.78 is 40.7. The van der Waals surface area contributed by atoms with Crippen LogP contribution in [0.5, 0.6) is 0 Å². The Morgan fingerprint density at radius 1 is 1.07 bits per heavy atom. The highest BCUT2D eigenvalue weighted by atomic mass is 79.9. The summed E-state index contributed by atoms with van der Waals surface area (Å²) in [5.74, 6) is -0.249.